The number of benzene rings is 2. The van der Waals surface area contributed by atoms with Crippen LogP contribution in [0.2, 0.25) is 0 Å². The molecule has 4 rings (SSSR count). The van der Waals surface area contributed by atoms with Crippen molar-refractivity contribution in [1.82, 2.24) is 14.8 Å². The van der Waals surface area contributed by atoms with Gasteiger partial charge in [-0.3, -0.25) is 0 Å². The number of rotatable bonds is 4. The van der Waals surface area contributed by atoms with Gasteiger partial charge in [0.1, 0.15) is 30.2 Å². The molecule has 0 unspecified atom stereocenters. The molecule has 1 aliphatic rings. The van der Waals surface area contributed by atoms with Gasteiger partial charge in [-0.25, -0.2) is 14.1 Å². The number of halogens is 1. The van der Waals surface area contributed by atoms with E-state index in [1.807, 2.05) is 37.3 Å². The van der Waals surface area contributed by atoms with E-state index >= 15 is 0 Å². The molecule has 1 saturated heterocycles. The number of hydrogen-bond donors (Lipinski definition) is 0. The molecule has 4 nitrogen and oxygen atoms in total. The van der Waals surface area contributed by atoms with Crippen molar-refractivity contribution in [3.8, 4) is 0 Å². The molecule has 23 heavy (non-hydrogen) atoms. The Labute approximate surface area is 133 Å². The summed E-state index contributed by atoms with van der Waals surface area (Å²) in [4.78, 5) is 3.98. The van der Waals surface area contributed by atoms with Gasteiger partial charge in [0.15, 0.2) is 0 Å². The summed E-state index contributed by atoms with van der Waals surface area (Å²) >= 11 is 0. The molecule has 0 bridgehead atoms. The lowest BCUT2D eigenvalue weighted by atomic mass is 9.91. The Morgan fingerprint density at radius 1 is 1.17 bits per heavy atom. The molecule has 0 amide bonds. The van der Waals surface area contributed by atoms with E-state index in [4.69, 9.17) is 4.74 Å². The highest BCUT2D eigenvalue weighted by atomic mass is 19.1. The molecule has 116 valence electrons. The average molecular weight is 309 g/mol. The standard InChI is InChI=1S/C18H16FN3O/c1-13-6-8-14(9-7-13)18(10-22-12-20-11-21-22)17(23-18)15-4-2-3-5-16(15)19/h2-9,11-12,17H,10H2,1H3/t17-,18-/m0/s1. The van der Waals surface area contributed by atoms with Crippen LogP contribution < -0.4 is 0 Å². The summed E-state index contributed by atoms with van der Waals surface area (Å²) in [5.74, 6) is -0.245. The van der Waals surface area contributed by atoms with Gasteiger partial charge in [-0.05, 0) is 18.6 Å². The predicted octanol–water partition coefficient (Wildman–Crippen LogP) is 3.39. The minimum atomic E-state index is -0.608. The first kappa shape index (κ1) is 14.1. The van der Waals surface area contributed by atoms with E-state index in [0.717, 1.165) is 5.56 Å². The Bertz CT molecular complexity index is 817. The highest BCUT2D eigenvalue weighted by Crippen LogP contribution is 2.58. The van der Waals surface area contributed by atoms with Gasteiger partial charge in [0.05, 0.1) is 6.54 Å². The van der Waals surface area contributed by atoms with Crippen molar-refractivity contribution in [2.45, 2.75) is 25.2 Å². The van der Waals surface area contributed by atoms with Crippen LogP contribution in [0, 0.1) is 12.7 Å². The zero-order valence-corrected chi connectivity index (χ0v) is 12.7. The van der Waals surface area contributed by atoms with Gasteiger partial charge in [0.25, 0.3) is 0 Å². The summed E-state index contributed by atoms with van der Waals surface area (Å²) in [6.07, 6.45) is 2.81. The first-order valence-electron chi connectivity index (χ1n) is 7.51. The first-order valence-corrected chi connectivity index (χ1v) is 7.51. The fourth-order valence-corrected chi connectivity index (χ4v) is 3.00. The molecular formula is C18H16FN3O. The minimum absolute atomic E-state index is 0.245. The minimum Gasteiger partial charge on any atom is -0.354 e. The average Bonchev–Trinajstić information content (AvgIpc) is 3.02. The van der Waals surface area contributed by atoms with Crippen molar-refractivity contribution in [3.05, 3.63) is 83.7 Å². The molecule has 5 heteroatoms. The summed E-state index contributed by atoms with van der Waals surface area (Å²) in [6, 6.07) is 14.9. The molecule has 0 radical (unpaired) electrons. The number of ether oxygens (including phenoxy) is 1. The summed E-state index contributed by atoms with van der Waals surface area (Å²) in [6.45, 7) is 2.53. The zero-order valence-electron chi connectivity index (χ0n) is 12.7. The van der Waals surface area contributed by atoms with Gasteiger partial charge in [-0.2, -0.15) is 5.10 Å². The maximum Gasteiger partial charge on any atom is 0.144 e. The Hall–Kier alpha value is -2.53. The van der Waals surface area contributed by atoms with Crippen molar-refractivity contribution >= 4 is 0 Å². The van der Waals surface area contributed by atoms with Crippen LogP contribution in [-0.2, 0) is 16.9 Å². The third-order valence-electron chi connectivity index (χ3n) is 4.29. The second-order valence-corrected chi connectivity index (χ2v) is 5.87. The molecule has 2 heterocycles. The first-order chi connectivity index (χ1) is 11.2. The lowest BCUT2D eigenvalue weighted by Crippen LogP contribution is -2.19. The Morgan fingerprint density at radius 3 is 2.65 bits per heavy atom. The van der Waals surface area contributed by atoms with Gasteiger partial charge in [-0.1, -0.05) is 48.0 Å². The van der Waals surface area contributed by atoms with Crippen LogP contribution in [-0.4, -0.2) is 14.8 Å². The molecule has 1 aliphatic heterocycles. The molecule has 0 spiro atoms. The van der Waals surface area contributed by atoms with Crippen LogP contribution in [0.15, 0.2) is 61.2 Å². The lowest BCUT2D eigenvalue weighted by Gasteiger charge is -2.14. The largest absolute Gasteiger partial charge is 0.354 e. The molecule has 1 aromatic heterocycles. The van der Waals surface area contributed by atoms with E-state index in [-0.39, 0.29) is 11.9 Å². The summed E-state index contributed by atoms with van der Waals surface area (Å²) in [5, 5.41) is 4.17. The SMILES string of the molecule is Cc1ccc([C@]2(Cn3cncn3)O[C@H]2c2ccccc2F)cc1. The topological polar surface area (TPSA) is 43.2 Å². The molecule has 0 N–H and O–H groups in total. The van der Waals surface area contributed by atoms with Crippen molar-refractivity contribution in [2.24, 2.45) is 0 Å². The van der Waals surface area contributed by atoms with Crippen molar-refractivity contribution in [3.63, 3.8) is 0 Å². The smallest absolute Gasteiger partial charge is 0.144 e. The van der Waals surface area contributed by atoms with Crippen LogP contribution in [0.5, 0.6) is 0 Å². The third-order valence-corrected chi connectivity index (χ3v) is 4.29. The Morgan fingerprint density at radius 2 is 1.96 bits per heavy atom. The van der Waals surface area contributed by atoms with Gasteiger partial charge < -0.3 is 4.74 Å². The van der Waals surface area contributed by atoms with Crippen molar-refractivity contribution in [1.29, 1.82) is 0 Å². The van der Waals surface area contributed by atoms with Gasteiger partial charge in [-0.15, -0.1) is 0 Å². The number of aryl methyl sites for hydroxylation is 1. The second-order valence-electron chi connectivity index (χ2n) is 5.87. The molecule has 3 aromatic rings. The molecule has 0 aliphatic carbocycles. The van der Waals surface area contributed by atoms with E-state index in [1.165, 1.54) is 18.0 Å². The number of nitrogens with zero attached hydrogens (tertiary/aromatic N) is 3. The van der Waals surface area contributed by atoms with Crippen LogP contribution in [0.25, 0.3) is 0 Å². The van der Waals surface area contributed by atoms with E-state index in [1.54, 1.807) is 23.1 Å². The third kappa shape index (κ3) is 2.43. The molecule has 1 fully saturated rings. The summed E-state index contributed by atoms with van der Waals surface area (Å²) in [7, 11) is 0. The lowest BCUT2D eigenvalue weighted by molar-refractivity contribution is 0.262. The Kier molecular flexibility index (Phi) is 3.23. The van der Waals surface area contributed by atoms with E-state index < -0.39 is 5.60 Å². The van der Waals surface area contributed by atoms with Crippen molar-refractivity contribution in [2.75, 3.05) is 0 Å². The highest BCUT2D eigenvalue weighted by Gasteiger charge is 2.59. The van der Waals surface area contributed by atoms with E-state index in [9.17, 15) is 4.39 Å². The van der Waals surface area contributed by atoms with Crippen LogP contribution >= 0.6 is 0 Å². The number of epoxide rings is 1. The number of aromatic nitrogens is 3. The molecule has 2 atom stereocenters. The fraction of sp³-hybridized carbons (Fsp3) is 0.222. The quantitative estimate of drug-likeness (QED) is 0.694. The van der Waals surface area contributed by atoms with E-state index in [0.29, 0.717) is 12.1 Å². The monoisotopic (exact) mass is 309 g/mol. The number of hydrogen-bond acceptors (Lipinski definition) is 3. The molecule has 0 saturated carbocycles. The molecular weight excluding hydrogens is 293 g/mol. The van der Waals surface area contributed by atoms with E-state index in [2.05, 4.69) is 10.1 Å². The maximum absolute atomic E-state index is 14.2. The van der Waals surface area contributed by atoms with Crippen LogP contribution in [0.3, 0.4) is 0 Å². The maximum atomic E-state index is 14.2. The van der Waals surface area contributed by atoms with Gasteiger partial charge in [0.2, 0.25) is 0 Å². The molecule has 2 aromatic carbocycles. The van der Waals surface area contributed by atoms with Gasteiger partial charge >= 0.3 is 0 Å². The van der Waals surface area contributed by atoms with Crippen molar-refractivity contribution < 1.29 is 9.13 Å². The Balaban J connectivity index is 1.74. The predicted molar refractivity (Wildman–Crippen MR) is 83.1 cm³/mol. The van der Waals surface area contributed by atoms with Crippen LogP contribution in [0.4, 0.5) is 4.39 Å². The second kappa shape index (κ2) is 5.28. The fourth-order valence-electron chi connectivity index (χ4n) is 3.00. The normalized spacial score (nSPS) is 23.0. The zero-order chi connectivity index (χ0) is 15.9. The van der Waals surface area contributed by atoms with Crippen LogP contribution in [0.1, 0.15) is 22.8 Å². The summed E-state index contributed by atoms with van der Waals surface area (Å²) < 4.78 is 21.9. The van der Waals surface area contributed by atoms with Gasteiger partial charge in [0, 0.05) is 5.56 Å². The summed E-state index contributed by atoms with van der Waals surface area (Å²) in [5.41, 5.74) is 2.16. The highest BCUT2D eigenvalue weighted by molar-refractivity contribution is 5.37.